The van der Waals surface area contributed by atoms with Gasteiger partial charge in [0.05, 0.1) is 9.82 Å². The van der Waals surface area contributed by atoms with E-state index in [1.165, 1.54) is 30.3 Å². The number of primary sulfonamides is 1. The highest BCUT2D eigenvalue weighted by atomic mass is 32.2. The van der Waals surface area contributed by atoms with Gasteiger partial charge in [0.2, 0.25) is 10.0 Å². The van der Waals surface area contributed by atoms with Crippen molar-refractivity contribution in [1.82, 2.24) is 5.32 Å². The second kappa shape index (κ2) is 7.41. The standard InChI is InChI=1S/C16H17N3O5S/c1-11-10-13(4-7-15(11)19(21)22)16(20)18-9-8-12-2-5-14(6-3-12)25(17,23)24/h2-7,10H,8-9H2,1H3,(H,18,20)(H2,17,23,24). The molecular weight excluding hydrogens is 346 g/mol. The smallest absolute Gasteiger partial charge is 0.272 e. The van der Waals surface area contributed by atoms with Crippen molar-refractivity contribution >= 4 is 21.6 Å². The fraction of sp³-hybridized carbons (Fsp3) is 0.188. The van der Waals surface area contributed by atoms with Crippen LogP contribution in [0.3, 0.4) is 0 Å². The van der Waals surface area contributed by atoms with E-state index in [0.717, 1.165) is 5.56 Å². The largest absolute Gasteiger partial charge is 0.352 e. The van der Waals surface area contributed by atoms with Crippen LogP contribution in [-0.4, -0.2) is 25.8 Å². The molecule has 132 valence electrons. The third kappa shape index (κ3) is 4.85. The molecule has 0 saturated carbocycles. The molecule has 0 radical (unpaired) electrons. The van der Waals surface area contributed by atoms with E-state index in [0.29, 0.717) is 24.1 Å². The Hall–Kier alpha value is -2.78. The molecule has 0 atom stereocenters. The number of benzene rings is 2. The lowest BCUT2D eigenvalue weighted by Crippen LogP contribution is -2.25. The first-order valence-corrected chi connectivity index (χ1v) is 8.88. The number of hydrogen-bond acceptors (Lipinski definition) is 5. The van der Waals surface area contributed by atoms with Crippen molar-refractivity contribution in [2.45, 2.75) is 18.2 Å². The first kappa shape index (κ1) is 18.6. The van der Waals surface area contributed by atoms with Crippen LogP contribution in [-0.2, 0) is 16.4 Å². The van der Waals surface area contributed by atoms with Gasteiger partial charge in [-0.1, -0.05) is 12.1 Å². The number of rotatable bonds is 6. The summed E-state index contributed by atoms with van der Waals surface area (Å²) < 4.78 is 22.4. The van der Waals surface area contributed by atoms with Crippen LogP contribution in [0.5, 0.6) is 0 Å². The first-order chi connectivity index (χ1) is 11.7. The number of amides is 1. The summed E-state index contributed by atoms with van der Waals surface area (Å²) in [7, 11) is -3.72. The quantitative estimate of drug-likeness (QED) is 0.593. The van der Waals surface area contributed by atoms with Gasteiger partial charge in [0.25, 0.3) is 11.6 Å². The molecule has 8 nitrogen and oxygen atoms in total. The fourth-order valence-corrected chi connectivity index (χ4v) is 2.79. The second-order valence-corrected chi connectivity index (χ2v) is 7.01. The summed E-state index contributed by atoms with van der Waals surface area (Å²) in [6, 6.07) is 10.2. The number of nitrogens with one attached hydrogen (secondary N) is 1. The van der Waals surface area contributed by atoms with Crippen LogP contribution in [0.4, 0.5) is 5.69 Å². The number of carbonyl (C=O) groups excluding carboxylic acids is 1. The number of hydrogen-bond donors (Lipinski definition) is 2. The lowest BCUT2D eigenvalue weighted by molar-refractivity contribution is -0.385. The van der Waals surface area contributed by atoms with Gasteiger partial charge in [0, 0.05) is 23.7 Å². The predicted molar refractivity (Wildman–Crippen MR) is 91.7 cm³/mol. The molecule has 0 bridgehead atoms. The fourth-order valence-electron chi connectivity index (χ4n) is 2.27. The highest BCUT2D eigenvalue weighted by Gasteiger charge is 2.13. The van der Waals surface area contributed by atoms with Gasteiger partial charge >= 0.3 is 0 Å². The van der Waals surface area contributed by atoms with E-state index in [2.05, 4.69) is 5.32 Å². The van der Waals surface area contributed by atoms with Gasteiger partial charge in [-0.25, -0.2) is 13.6 Å². The highest BCUT2D eigenvalue weighted by molar-refractivity contribution is 7.89. The lowest BCUT2D eigenvalue weighted by Gasteiger charge is -2.07. The Bertz CT molecular complexity index is 908. The molecule has 0 aliphatic rings. The maximum absolute atomic E-state index is 12.1. The van der Waals surface area contributed by atoms with Crippen molar-refractivity contribution in [1.29, 1.82) is 0 Å². The van der Waals surface area contributed by atoms with E-state index in [9.17, 15) is 23.3 Å². The van der Waals surface area contributed by atoms with Crippen LogP contribution in [0.1, 0.15) is 21.5 Å². The first-order valence-electron chi connectivity index (χ1n) is 7.33. The Labute approximate surface area is 144 Å². The van der Waals surface area contributed by atoms with Crippen molar-refractivity contribution < 1.29 is 18.1 Å². The van der Waals surface area contributed by atoms with Crippen LogP contribution in [0.15, 0.2) is 47.4 Å². The summed E-state index contributed by atoms with van der Waals surface area (Å²) in [6.07, 6.45) is 0.503. The zero-order valence-electron chi connectivity index (χ0n) is 13.4. The SMILES string of the molecule is Cc1cc(C(=O)NCCc2ccc(S(N)(=O)=O)cc2)ccc1[N+](=O)[O-]. The van der Waals surface area contributed by atoms with Gasteiger partial charge < -0.3 is 5.32 Å². The molecule has 3 N–H and O–H groups in total. The monoisotopic (exact) mass is 363 g/mol. The summed E-state index contributed by atoms with van der Waals surface area (Å²) in [5.74, 6) is -0.334. The van der Waals surface area contributed by atoms with Gasteiger partial charge in [-0.05, 0) is 43.2 Å². The number of nitrogens with two attached hydrogens (primary N) is 1. The lowest BCUT2D eigenvalue weighted by atomic mass is 10.1. The number of carbonyl (C=O) groups is 1. The van der Waals surface area contributed by atoms with Crippen LogP contribution in [0, 0.1) is 17.0 Å². The van der Waals surface area contributed by atoms with Crippen LogP contribution in [0.2, 0.25) is 0 Å². The molecule has 0 fully saturated rings. The predicted octanol–water partition coefficient (Wildman–Crippen LogP) is 1.52. The minimum atomic E-state index is -3.72. The summed E-state index contributed by atoms with van der Waals surface area (Å²) in [5.41, 5.74) is 1.56. The Morgan fingerprint density at radius 2 is 1.84 bits per heavy atom. The van der Waals surface area contributed by atoms with E-state index in [4.69, 9.17) is 5.14 Å². The van der Waals surface area contributed by atoms with Gasteiger partial charge in [-0.2, -0.15) is 0 Å². The van der Waals surface area contributed by atoms with Gasteiger partial charge in [-0.3, -0.25) is 14.9 Å². The number of nitro benzene ring substituents is 1. The van der Waals surface area contributed by atoms with Crippen LogP contribution >= 0.6 is 0 Å². The molecule has 1 amide bonds. The van der Waals surface area contributed by atoms with Crippen molar-refractivity contribution in [3.05, 3.63) is 69.3 Å². The Kier molecular flexibility index (Phi) is 5.50. The highest BCUT2D eigenvalue weighted by Crippen LogP contribution is 2.18. The van der Waals surface area contributed by atoms with E-state index in [-0.39, 0.29) is 16.5 Å². The molecule has 2 aromatic carbocycles. The maximum atomic E-state index is 12.1. The molecule has 0 heterocycles. The topological polar surface area (TPSA) is 132 Å². The molecule has 0 spiro atoms. The van der Waals surface area contributed by atoms with Crippen LogP contribution in [0.25, 0.3) is 0 Å². The van der Waals surface area contributed by atoms with Crippen molar-refractivity contribution in [2.24, 2.45) is 5.14 Å². The second-order valence-electron chi connectivity index (χ2n) is 5.45. The number of aryl methyl sites for hydroxylation is 1. The summed E-state index contributed by atoms with van der Waals surface area (Å²) in [5, 5.41) is 18.5. The molecule has 0 saturated heterocycles. The minimum Gasteiger partial charge on any atom is -0.352 e. The Morgan fingerprint density at radius 3 is 2.36 bits per heavy atom. The van der Waals surface area contributed by atoms with E-state index < -0.39 is 14.9 Å². The summed E-state index contributed by atoms with van der Waals surface area (Å²) in [6.45, 7) is 1.91. The number of sulfonamides is 1. The number of nitrogens with zero attached hydrogens (tertiary/aromatic N) is 1. The molecular formula is C16H17N3O5S. The molecule has 0 aliphatic carbocycles. The average Bonchev–Trinajstić information content (AvgIpc) is 2.54. The van der Waals surface area contributed by atoms with E-state index in [1.54, 1.807) is 19.1 Å². The Balaban J connectivity index is 1.94. The molecule has 9 heteroatoms. The molecule has 0 aromatic heterocycles. The van der Waals surface area contributed by atoms with Crippen LogP contribution < -0.4 is 10.5 Å². The third-order valence-corrected chi connectivity index (χ3v) is 4.54. The van der Waals surface area contributed by atoms with Crippen molar-refractivity contribution in [2.75, 3.05) is 6.54 Å². The third-order valence-electron chi connectivity index (χ3n) is 3.61. The summed E-state index contributed by atoms with van der Waals surface area (Å²) >= 11 is 0. The van der Waals surface area contributed by atoms with Crippen molar-refractivity contribution in [3.8, 4) is 0 Å². The zero-order valence-corrected chi connectivity index (χ0v) is 14.2. The summed E-state index contributed by atoms with van der Waals surface area (Å²) in [4.78, 5) is 22.4. The molecule has 0 unspecified atom stereocenters. The molecule has 25 heavy (non-hydrogen) atoms. The molecule has 2 aromatic rings. The Morgan fingerprint density at radius 1 is 1.20 bits per heavy atom. The minimum absolute atomic E-state index is 0.0293. The van der Waals surface area contributed by atoms with Gasteiger partial charge in [0.15, 0.2) is 0 Å². The van der Waals surface area contributed by atoms with Gasteiger partial charge in [-0.15, -0.1) is 0 Å². The van der Waals surface area contributed by atoms with E-state index in [1.807, 2.05) is 0 Å². The molecule has 0 aliphatic heterocycles. The zero-order chi connectivity index (χ0) is 18.6. The average molecular weight is 363 g/mol. The number of nitro groups is 1. The van der Waals surface area contributed by atoms with Gasteiger partial charge in [0.1, 0.15) is 0 Å². The van der Waals surface area contributed by atoms with E-state index >= 15 is 0 Å². The maximum Gasteiger partial charge on any atom is 0.272 e. The normalized spacial score (nSPS) is 11.1. The van der Waals surface area contributed by atoms with Crippen molar-refractivity contribution in [3.63, 3.8) is 0 Å². The molecule has 2 rings (SSSR count).